The number of carbonyl (C=O) groups is 1. The molecule has 0 saturated heterocycles. The third kappa shape index (κ3) is 5.36. The van der Waals surface area contributed by atoms with E-state index in [9.17, 15) is 4.79 Å². The molecule has 1 amide bonds. The molecule has 0 aromatic heterocycles. The summed E-state index contributed by atoms with van der Waals surface area (Å²) in [5.74, 6) is 0.0785. The fourth-order valence-corrected chi connectivity index (χ4v) is 1.99. The largest absolute Gasteiger partial charge is 0.508 e. The summed E-state index contributed by atoms with van der Waals surface area (Å²) >= 11 is 0. The van der Waals surface area contributed by atoms with Crippen molar-refractivity contribution in [3.8, 4) is 5.75 Å². The Hall–Kier alpha value is -2.20. The van der Waals surface area contributed by atoms with Crippen molar-refractivity contribution in [1.29, 1.82) is 0 Å². The van der Waals surface area contributed by atoms with Crippen molar-refractivity contribution in [3.05, 3.63) is 54.1 Å². The zero-order chi connectivity index (χ0) is 14.4. The fraction of sp³-hybridized carbons (Fsp3) is 0.188. The average molecular weight is 307 g/mol. The molecule has 4 nitrogen and oxygen atoms in total. The van der Waals surface area contributed by atoms with Crippen molar-refractivity contribution < 1.29 is 9.90 Å². The first-order chi connectivity index (χ1) is 9.65. The number of halogens is 1. The first kappa shape index (κ1) is 16.9. The third-order valence-corrected chi connectivity index (χ3v) is 2.91. The molecule has 21 heavy (non-hydrogen) atoms. The van der Waals surface area contributed by atoms with Gasteiger partial charge in [0.25, 0.3) is 0 Å². The van der Waals surface area contributed by atoms with Crippen molar-refractivity contribution in [2.24, 2.45) is 0 Å². The van der Waals surface area contributed by atoms with Crippen LogP contribution in [0.2, 0.25) is 0 Å². The number of aromatic hydroxyl groups is 1. The van der Waals surface area contributed by atoms with Gasteiger partial charge in [-0.25, -0.2) is 0 Å². The van der Waals surface area contributed by atoms with E-state index in [1.165, 1.54) is 36.7 Å². The Morgan fingerprint density at radius 2 is 1.81 bits per heavy atom. The summed E-state index contributed by atoms with van der Waals surface area (Å²) in [6.45, 7) is 2.55. The van der Waals surface area contributed by atoms with E-state index in [4.69, 9.17) is 5.11 Å². The molecule has 0 saturated carbocycles. The minimum Gasteiger partial charge on any atom is -0.508 e. The molecule has 2 aromatic carbocycles. The Morgan fingerprint density at radius 3 is 2.43 bits per heavy atom. The Kier molecular flexibility index (Phi) is 6.56. The van der Waals surface area contributed by atoms with E-state index in [1.54, 1.807) is 12.1 Å². The molecule has 0 spiro atoms. The lowest BCUT2D eigenvalue weighted by atomic mass is 10.2. The number of hydrogen-bond acceptors (Lipinski definition) is 3. The van der Waals surface area contributed by atoms with Gasteiger partial charge in [-0.3, -0.25) is 4.79 Å². The summed E-state index contributed by atoms with van der Waals surface area (Å²) in [7, 11) is 0. The number of phenols is 1. The molecule has 5 heteroatoms. The van der Waals surface area contributed by atoms with Gasteiger partial charge in [0.15, 0.2) is 0 Å². The van der Waals surface area contributed by atoms with E-state index in [2.05, 4.69) is 34.9 Å². The maximum Gasteiger partial charge on any atom is 0.221 e. The van der Waals surface area contributed by atoms with E-state index in [-0.39, 0.29) is 24.1 Å². The zero-order valence-electron chi connectivity index (χ0n) is 11.8. The van der Waals surface area contributed by atoms with Gasteiger partial charge < -0.3 is 15.7 Å². The number of anilines is 2. The molecule has 3 N–H and O–H groups in total. The number of carbonyl (C=O) groups excluding carboxylic acids is 1. The quantitative estimate of drug-likeness (QED) is 0.707. The zero-order valence-corrected chi connectivity index (χ0v) is 12.6. The van der Waals surface area contributed by atoms with Crippen molar-refractivity contribution >= 4 is 29.7 Å². The highest BCUT2D eigenvalue weighted by atomic mass is 35.5. The highest BCUT2D eigenvalue weighted by Gasteiger charge is 2.05. The monoisotopic (exact) mass is 306 g/mol. The van der Waals surface area contributed by atoms with E-state index < -0.39 is 0 Å². The van der Waals surface area contributed by atoms with Gasteiger partial charge in [0.1, 0.15) is 5.75 Å². The van der Waals surface area contributed by atoms with Crippen molar-refractivity contribution in [3.63, 3.8) is 0 Å². The summed E-state index contributed by atoms with van der Waals surface area (Å²) in [6.07, 6.45) is 1.19. The summed E-state index contributed by atoms with van der Waals surface area (Å²) < 4.78 is 0. The van der Waals surface area contributed by atoms with Crippen LogP contribution in [0.25, 0.3) is 0 Å². The van der Waals surface area contributed by atoms with E-state index >= 15 is 0 Å². The minimum absolute atomic E-state index is 0. The number of nitrogens with one attached hydrogen (secondary N) is 2. The highest BCUT2D eigenvalue weighted by Crippen LogP contribution is 2.20. The van der Waals surface area contributed by atoms with Gasteiger partial charge in [-0.05, 0) is 42.3 Å². The van der Waals surface area contributed by atoms with Crippen LogP contribution in [-0.2, 0) is 11.2 Å². The molecule has 0 unspecified atom stereocenters. The Morgan fingerprint density at radius 1 is 1.14 bits per heavy atom. The van der Waals surface area contributed by atoms with Gasteiger partial charge in [0, 0.05) is 24.8 Å². The number of fused-ring (bicyclic) bond motifs is 1. The molecule has 1 heterocycles. The van der Waals surface area contributed by atoms with E-state index in [0.717, 1.165) is 6.54 Å². The number of phenolic OH excluding ortho intramolecular Hbond substituents is 1. The van der Waals surface area contributed by atoms with Gasteiger partial charge in [-0.2, -0.15) is 0 Å². The molecule has 3 rings (SSSR count). The number of amides is 1. The molecule has 2 aromatic rings. The Labute approximate surface area is 130 Å². The van der Waals surface area contributed by atoms with Crippen LogP contribution in [0.15, 0.2) is 48.5 Å². The second kappa shape index (κ2) is 8.17. The van der Waals surface area contributed by atoms with Crippen LogP contribution in [0.1, 0.15) is 12.5 Å². The normalized spacial score (nSPS) is 11.1. The first-order valence-electron chi connectivity index (χ1n) is 6.53. The van der Waals surface area contributed by atoms with Crippen LogP contribution >= 0.6 is 12.4 Å². The lowest BCUT2D eigenvalue weighted by Gasteiger charge is -1.99. The number of hydrogen-bond donors (Lipinski definition) is 3. The van der Waals surface area contributed by atoms with Crippen LogP contribution < -0.4 is 10.6 Å². The number of para-hydroxylation sites is 1. The standard InChI is InChI=1S/C8H9NO2.C8H9N.ClH/c1-6(10)9-7-2-4-8(11)5-3-7;1-2-4-8-7(3-1)5-6-9-8;/h2-5,11H,1H3,(H,9,10);1-4,9H,5-6H2;1H. The fourth-order valence-electron chi connectivity index (χ4n) is 1.99. The van der Waals surface area contributed by atoms with Crippen LogP contribution in [0, 0.1) is 0 Å². The van der Waals surface area contributed by atoms with Gasteiger partial charge in [0.2, 0.25) is 5.91 Å². The Bertz CT molecular complexity index is 562. The molecule has 0 atom stereocenters. The Balaban J connectivity index is 0.000000203. The molecule has 1 aliphatic heterocycles. The van der Waals surface area contributed by atoms with Gasteiger partial charge in [-0.1, -0.05) is 18.2 Å². The minimum atomic E-state index is -0.115. The van der Waals surface area contributed by atoms with Crippen molar-refractivity contribution in [2.45, 2.75) is 13.3 Å². The van der Waals surface area contributed by atoms with E-state index in [1.807, 2.05) is 0 Å². The van der Waals surface area contributed by atoms with Crippen LogP contribution in [0.4, 0.5) is 11.4 Å². The number of benzene rings is 2. The molecule has 112 valence electrons. The second-order valence-corrected chi connectivity index (χ2v) is 4.56. The summed E-state index contributed by atoms with van der Waals surface area (Å²) in [6, 6.07) is 14.8. The summed E-state index contributed by atoms with van der Waals surface area (Å²) in [5, 5.41) is 14.8. The van der Waals surface area contributed by atoms with Gasteiger partial charge in [-0.15, -0.1) is 12.4 Å². The molecule has 0 radical (unpaired) electrons. The first-order valence-corrected chi connectivity index (χ1v) is 6.53. The van der Waals surface area contributed by atoms with Crippen LogP contribution in [-0.4, -0.2) is 17.6 Å². The third-order valence-electron chi connectivity index (χ3n) is 2.91. The second-order valence-electron chi connectivity index (χ2n) is 4.56. The summed E-state index contributed by atoms with van der Waals surface area (Å²) in [5.41, 5.74) is 3.46. The average Bonchev–Trinajstić information content (AvgIpc) is 2.90. The predicted octanol–water partition coefficient (Wildman–Crippen LogP) is 3.43. The van der Waals surface area contributed by atoms with E-state index in [0.29, 0.717) is 5.69 Å². The lowest BCUT2D eigenvalue weighted by molar-refractivity contribution is -0.114. The maximum absolute atomic E-state index is 10.5. The van der Waals surface area contributed by atoms with Gasteiger partial charge in [0.05, 0.1) is 0 Å². The predicted molar refractivity (Wildman–Crippen MR) is 88.3 cm³/mol. The number of rotatable bonds is 1. The van der Waals surface area contributed by atoms with Gasteiger partial charge >= 0.3 is 0 Å². The lowest BCUT2D eigenvalue weighted by Crippen LogP contribution is -2.04. The SMILES string of the molecule is CC(=O)Nc1ccc(O)cc1.Cl.c1ccc2c(c1)CCN2. The maximum atomic E-state index is 10.5. The molecular weight excluding hydrogens is 288 g/mol. The molecular formula is C16H19ClN2O2. The molecule has 0 bridgehead atoms. The summed E-state index contributed by atoms with van der Waals surface area (Å²) in [4.78, 5) is 10.5. The van der Waals surface area contributed by atoms with Crippen LogP contribution in [0.5, 0.6) is 5.75 Å². The van der Waals surface area contributed by atoms with Crippen LogP contribution in [0.3, 0.4) is 0 Å². The molecule has 1 aliphatic rings. The molecule has 0 fully saturated rings. The van der Waals surface area contributed by atoms with Crippen molar-refractivity contribution in [1.82, 2.24) is 0 Å². The highest BCUT2D eigenvalue weighted by molar-refractivity contribution is 5.88. The molecule has 0 aliphatic carbocycles. The van der Waals surface area contributed by atoms with Crippen molar-refractivity contribution in [2.75, 3.05) is 17.2 Å². The topological polar surface area (TPSA) is 61.4 Å². The smallest absolute Gasteiger partial charge is 0.221 e.